The molecule has 0 aliphatic carbocycles. The summed E-state index contributed by atoms with van der Waals surface area (Å²) in [6.45, 7) is 2.06. The maximum Gasteiger partial charge on any atom is 0.143 e. The molecule has 0 atom stereocenters. The minimum absolute atomic E-state index is 0.277. The first kappa shape index (κ1) is 10.4. The lowest BCUT2D eigenvalue weighted by atomic mass is 10.1. The summed E-state index contributed by atoms with van der Waals surface area (Å²) in [6, 6.07) is 15.7. The molecule has 0 fully saturated rings. The van der Waals surface area contributed by atoms with E-state index < -0.39 is 0 Å². The van der Waals surface area contributed by atoms with E-state index in [1.54, 1.807) is 12.1 Å². The number of hydrogen-bond acceptors (Lipinski definition) is 2. The third-order valence-electron chi connectivity index (χ3n) is 3.59. The average molecular weight is 248 g/mol. The smallest absolute Gasteiger partial charge is 0.143 e. The van der Waals surface area contributed by atoms with Crippen LogP contribution in [0.4, 0.5) is 0 Å². The predicted molar refractivity (Wildman–Crippen MR) is 77.6 cm³/mol. The normalized spacial score (nSPS) is 11.6. The van der Waals surface area contributed by atoms with E-state index in [0.717, 1.165) is 32.7 Å². The molecule has 2 heteroatoms. The van der Waals surface area contributed by atoms with Gasteiger partial charge in [-0.3, -0.25) is 0 Å². The minimum atomic E-state index is 0.277. The van der Waals surface area contributed by atoms with E-state index in [1.165, 1.54) is 5.56 Å². The van der Waals surface area contributed by atoms with Crippen molar-refractivity contribution >= 4 is 32.7 Å². The first-order chi connectivity index (χ1) is 9.22. The molecule has 1 heterocycles. The van der Waals surface area contributed by atoms with Crippen molar-refractivity contribution in [1.82, 2.24) is 0 Å². The van der Waals surface area contributed by atoms with Crippen LogP contribution in [0.15, 0.2) is 52.9 Å². The summed E-state index contributed by atoms with van der Waals surface area (Å²) in [5.74, 6) is 0.277. The van der Waals surface area contributed by atoms with Gasteiger partial charge >= 0.3 is 0 Å². The highest BCUT2D eigenvalue weighted by Gasteiger charge is 2.10. The Kier molecular flexibility index (Phi) is 1.93. The first-order valence-corrected chi connectivity index (χ1v) is 6.27. The van der Waals surface area contributed by atoms with Crippen LogP contribution in [0.25, 0.3) is 32.7 Å². The molecule has 19 heavy (non-hydrogen) atoms. The number of hydrogen-bond donors (Lipinski definition) is 1. The van der Waals surface area contributed by atoms with Gasteiger partial charge in [-0.1, -0.05) is 18.2 Å². The maximum absolute atomic E-state index is 9.55. The van der Waals surface area contributed by atoms with E-state index in [9.17, 15) is 5.11 Å². The van der Waals surface area contributed by atoms with Gasteiger partial charge in [-0.25, -0.2) is 0 Å². The lowest BCUT2D eigenvalue weighted by Crippen LogP contribution is -1.74. The van der Waals surface area contributed by atoms with Crippen LogP contribution in [-0.4, -0.2) is 5.11 Å². The Bertz CT molecular complexity index is 932. The number of phenolic OH excluding ortho intramolecular Hbond substituents is 1. The Morgan fingerprint density at radius 1 is 0.842 bits per heavy atom. The second-order valence-electron chi connectivity index (χ2n) is 4.95. The molecule has 4 aromatic rings. The fourth-order valence-corrected chi connectivity index (χ4v) is 2.66. The van der Waals surface area contributed by atoms with Gasteiger partial charge in [-0.2, -0.15) is 0 Å². The van der Waals surface area contributed by atoms with Crippen molar-refractivity contribution in [1.29, 1.82) is 0 Å². The first-order valence-electron chi connectivity index (χ1n) is 6.27. The number of fused-ring (bicyclic) bond motifs is 5. The summed E-state index contributed by atoms with van der Waals surface area (Å²) in [7, 11) is 0. The SMILES string of the molecule is Cc1ccc2c(c1)oc1c3ccc(O)cc3ccc21. The Hall–Kier alpha value is -2.48. The van der Waals surface area contributed by atoms with E-state index in [1.807, 2.05) is 12.1 Å². The largest absolute Gasteiger partial charge is 0.508 e. The molecule has 0 unspecified atom stereocenters. The number of benzene rings is 3. The van der Waals surface area contributed by atoms with Gasteiger partial charge in [0.1, 0.15) is 16.9 Å². The van der Waals surface area contributed by atoms with Crippen molar-refractivity contribution in [2.24, 2.45) is 0 Å². The zero-order valence-corrected chi connectivity index (χ0v) is 10.5. The third-order valence-corrected chi connectivity index (χ3v) is 3.59. The van der Waals surface area contributed by atoms with Crippen LogP contribution in [0.3, 0.4) is 0 Å². The average Bonchev–Trinajstić information content (AvgIpc) is 2.75. The van der Waals surface area contributed by atoms with Crippen molar-refractivity contribution in [2.45, 2.75) is 6.92 Å². The summed E-state index contributed by atoms with van der Waals surface area (Å²) < 4.78 is 6.00. The standard InChI is InChI=1S/C17H12O2/c1-10-2-5-14-15-6-3-11-9-12(18)4-7-13(11)17(15)19-16(14)8-10/h2-9,18H,1H3. The zero-order valence-electron chi connectivity index (χ0n) is 10.5. The minimum Gasteiger partial charge on any atom is -0.508 e. The molecule has 0 bridgehead atoms. The van der Waals surface area contributed by atoms with Gasteiger partial charge in [0.05, 0.1) is 0 Å². The van der Waals surface area contributed by atoms with Gasteiger partial charge in [0.2, 0.25) is 0 Å². The highest BCUT2D eigenvalue weighted by molar-refractivity contribution is 6.15. The van der Waals surface area contributed by atoms with Crippen molar-refractivity contribution in [2.75, 3.05) is 0 Å². The van der Waals surface area contributed by atoms with Gasteiger partial charge in [0.15, 0.2) is 0 Å². The topological polar surface area (TPSA) is 33.4 Å². The molecule has 0 radical (unpaired) electrons. The Morgan fingerprint density at radius 3 is 2.53 bits per heavy atom. The zero-order chi connectivity index (χ0) is 13.0. The highest BCUT2D eigenvalue weighted by atomic mass is 16.3. The molecule has 3 aromatic carbocycles. The molecule has 0 amide bonds. The van der Waals surface area contributed by atoms with E-state index in [2.05, 4.69) is 31.2 Å². The predicted octanol–water partition coefficient (Wildman–Crippen LogP) is 4.75. The maximum atomic E-state index is 9.55. The Morgan fingerprint density at radius 2 is 1.63 bits per heavy atom. The molecule has 4 rings (SSSR count). The highest BCUT2D eigenvalue weighted by Crippen LogP contribution is 2.35. The summed E-state index contributed by atoms with van der Waals surface area (Å²) >= 11 is 0. The molecule has 1 N–H and O–H groups in total. The molecule has 0 spiro atoms. The number of aromatic hydroxyl groups is 1. The lowest BCUT2D eigenvalue weighted by molar-refractivity contribution is 0.476. The van der Waals surface area contributed by atoms with Gasteiger partial charge in [0.25, 0.3) is 0 Å². The number of phenols is 1. The molecule has 0 saturated heterocycles. The lowest BCUT2D eigenvalue weighted by Gasteiger charge is -1.99. The van der Waals surface area contributed by atoms with Crippen LogP contribution >= 0.6 is 0 Å². The van der Waals surface area contributed by atoms with Crippen molar-refractivity contribution in [3.05, 3.63) is 54.1 Å². The van der Waals surface area contributed by atoms with Crippen LogP contribution < -0.4 is 0 Å². The molecular weight excluding hydrogens is 236 g/mol. The Balaban J connectivity index is 2.24. The quantitative estimate of drug-likeness (QED) is 0.487. The van der Waals surface area contributed by atoms with E-state index in [-0.39, 0.29) is 5.75 Å². The molecule has 92 valence electrons. The summed E-state index contributed by atoms with van der Waals surface area (Å²) in [6.07, 6.45) is 0. The summed E-state index contributed by atoms with van der Waals surface area (Å²) in [5, 5.41) is 13.8. The van der Waals surface area contributed by atoms with Gasteiger partial charge < -0.3 is 9.52 Å². The fraction of sp³-hybridized carbons (Fsp3) is 0.0588. The Labute approximate surface area is 109 Å². The second-order valence-corrected chi connectivity index (χ2v) is 4.95. The molecule has 0 aliphatic heterocycles. The molecule has 1 aromatic heterocycles. The van der Waals surface area contributed by atoms with Crippen molar-refractivity contribution < 1.29 is 9.52 Å². The van der Waals surface area contributed by atoms with Gasteiger partial charge in [-0.15, -0.1) is 0 Å². The summed E-state index contributed by atoms with van der Waals surface area (Å²) in [5.41, 5.74) is 2.99. The third kappa shape index (κ3) is 1.43. The molecular formula is C17H12O2. The van der Waals surface area contributed by atoms with Crippen LogP contribution in [0.1, 0.15) is 5.56 Å². The summed E-state index contributed by atoms with van der Waals surface area (Å²) in [4.78, 5) is 0. The van der Waals surface area contributed by atoms with Gasteiger partial charge in [0, 0.05) is 16.2 Å². The molecule has 0 aliphatic rings. The number of aryl methyl sites for hydroxylation is 1. The van der Waals surface area contributed by atoms with Crippen LogP contribution in [0.2, 0.25) is 0 Å². The van der Waals surface area contributed by atoms with Crippen LogP contribution in [0.5, 0.6) is 5.75 Å². The molecule has 0 saturated carbocycles. The van der Waals surface area contributed by atoms with Crippen molar-refractivity contribution in [3.8, 4) is 5.75 Å². The van der Waals surface area contributed by atoms with Crippen LogP contribution in [0, 0.1) is 6.92 Å². The van der Waals surface area contributed by atoms with E-state index >= 15 is 0 Å². The van der Waals surface area contributed by atoms with E-state index in [4.69, 9.17) is 4.42 Å². The van der Waals surface area contributed by atoms with E-state index in [0.29, 0.717) is 0 Å². The second kappa shape index (κ2) is 3.51. The monoisotopic (exact) mass is 248 g/mol. The number of furan rings is 1. The van der Waals surface area contributed by atoms with Gasteiger partial charge in [-0.05, 0) is 48.2 Å². The fourth-order valence-electron chi connectivity index (χ4n) is 2.66. The molecule has 2 nitrogen and oxygen atoms in total. The number of rotatable bonds is 0. The van der Waals surface area contributed by atoms with Crippen LogP contribution in [-0.2, 0) is 0 Å². The van der Waals surface area contributed by atoms with Crippen molar-refractivity contribution in [3.63, 3.8) is 0 Å².